The molecule has 1 spiro atoms. The van der Waals surface area contributed by atoms with Crippen LogP contribution in [-0.2, 0) is 10.8 Å². The number of rotatable bonds is 5. The lowest BCUT2D eigenvalue weighted by Crippen LogP contribution is -2.26. The van der Waals surface area contributed by atoms with Crippen LogP contribution < -0.4 is 4.90 Å². The summed E-state index contributed by atoms with van der Waals surface area (Å²) in [6.45, 7) is 4.75. The number of para-hydroxylation sites is 2. The van der Waals surface area contributed by atoms with Crippen LogP contribution in [0.4, 0.5) is 17.1 Å². The maximum atomic E-state index is 7.05. The third-order valence-electron chi connectivity index (χ3n) is 16.1. The van der Waals surface area contributed by atoms with Crippen LogP contribution in [0.5, 0.6) is 0 Å². The van der Waals surface area contributed by atoms with Gasteiger partial charge in [0.05, 0.1) is 11.1 Å². The van der Waals surface area contributed by atoms with Crippen molar-refractivity contribution in [3.63, 3.8) is 0 Å². The van der Waals surface area contributed by atoms with E-state index in [0.29, 0.717) is 0 Å². The Morgan fingerprint density at radius 2 is 0.829 bits per heavy atom. The lowest BCUT2D eigenvalue weighted by molar-refractivity contribution is 0.662. The number of hydrogen-bond donors (Lipinski definition) is 0. The first kappa shape index (κ1) is 39.3. The maximum Gasteiger partial charge on any atom is 0.143 e. The van der Waals surface area contributed by atoms with Crippen LogP contribution in [0.25, 0.3) is 88.3 Å². The predicted molar refractivity (Wildman–Crippen MR) is 291 cm³/mol. The molecule has 11 aromatic carbocycles. The number of nitrogens with zero attached hydrogens (tertiary/aromatic N) is 1. The molecule has 2 heteroatoms. The Labute approximate surface area is 407 Å². The molecule has 0 N–H and O–H groups in total. The van der Waals surface area contributed by atoms with Gasteiger partial charge in [0, 0.05) is 44.1 Å². The smallest absolute Gasteiger partial charge is 0.143 e. The second kappa shape index (κ2) is 14.4. The predicted octanol–water partition coefficient (Wildman–Crippen LogP) is 18.2. The van der Waals surface area contributed by atoms with Gasteiger partial charge in [0.2, 0.25) is 0 Å². The van der Waals surface area contributed by atoms with E-state index in [2.05, 4.69) is 255 Å². The topological polar surface area (TPSA) is 16.4 Å². The van der Waals surface area contributed by atoms with E-state index < -0.39 is 5.41 Å². The molecule has 0 fully saturated rings. The molecule has 2 nitrogen and oxygen atoms in total. The highest BCUT2D eigenvalue weighted by atomic mass is 16.3. The molecule has 3 aliphatic carbocycles. The molecule has 0 saturated heterocycles. The Balaban J connectivity index is 0.966. The van der Waals surface area contributed by atoms with Gasteiger partial charge in [-0.2, -0.15) is 0 Å². The first-order valence-electron chi connectivity index (χ1n) is 24.5. The first-order valence-corrected chi connectivity index (χ1v) is 24.5. The van der Waals surface area contributed by atoms with Gasteiger partial charge in [-0.05, 0) is 120 Å². The Bertz CT molecular complexity index is 4100. The van der Waals surface area contributed by atoms with Gasteiger partial charge >= 0.3 is 0 Å². The standard InChI is InChI=1S/C68H45NO/c1-67(2)58-28-10-5-22-51(58)54-25-15-24-46(64(54)67)43-33-36-44(37-34-43)69(63-32-14-9-23-53(63)55-26-16-27-56-57-39-35-42-17-3-4-18-47(42)65(57)70-66(55)56)45-38-40-52-50-21-8-13-31-61(50)68(62(52)41-45)59-29-11-6-19-48(59)49-20-7-12-30-60(49)68/h3-41H,1-2H3. The summed E-state index contributed by atoms with van der Waals surface area (Å²) in [6, 6.07) is 87.9. The molecule has 1 aromatic heterocycles. The summed E-state index contributed by atoms with van der Waals surface area (Å²) < 4.78 is 7.05. The van der Waals surface area contributed by atoms with Crippen LogP contribution in [0.2, 0.25) is 0 Å². The number of anilines is 3. The summed E-state index contributed by atoms with van der Waals surface area (Å²) in [7, 11) is 0. The average Bonchev–Trinajstić information content (AvgIpc) is 4.12. The summed E-state index contributed by atoms with van der Waals surface area (Å²) in [5.74, 6) is 0. The lowest BCUT2D eigenvalue weighted by atomic mass is 9.70. The fourth-order valence-corrected chi connectivity index (χ4v) is 13.2. The van der Waals surface area contributed by atoms with Gasteiger partial charge in [0.25, 0.3) is 0 Å². The van der Waals surface area contributed by atoms with Crippen molar-refractivity contribution in [2.75, 3.05) is 4.90 Å². The molecule has 0 amide bonds. The molecule has 328 valence electrons. The highest BCUT2D eigenvalue weighted by Crippen LogP contribution is 2.63. The molecule has 12 aromatic rings. The largest absolute Gasteiger partial charge is 0.455 e. The average molecular weight is 892 g/mol. The van der Waals surface area contributed by atoms with Crippen LogP contribution in [0.1, 0.15) is 47.2 Å². The van der Waals surface area contributed by atoms with Crippen LogP contribution in [0, 0.1) is 0 Å². The third-order valence-corrected chi connectivity index (χ3v) is 16.1. The van der Waals surface area contributed by atoms with Gasteiger partial charge < -0.3 is 9.32 Å². The fraction of sp³-hybridized carbons (Fsp3) is 0.0588. The van der Waals surface area contributed by atoms with Gasteiger partial charge in [-0.1, -0.05) is 214 Å². The van der Waals surface area contributed by atoms with Gasteiger partial charge in [-0.15, -0.1) is 0 Å². The highest BCUT2D eigenvalue weighted by Gasteiger charge is 2.51. The summed E-state index contributed by atoms with van der Waals surface area (Å²) in [4.78, 5) is 2.48. The quantitative estimate of drug-likeness (QED) is 0.171. The second-order valence-electron chi connectivity index (χ2n) is 19.9. The van der Waals surface area contributed by atoms with Crippen molar-refractivity contribution in [3.8, 4) is 55.6 Å². The van der Waals surface area contributed by atoms with Crippen molar-refractivity contribution in [1.82, 2.24) is 0 Å². The van der Waals surface area contributed by atoms with Crippen LogP contribution in [-0.4, -0.2) is 0 Å². The van der Waals surface area contributed by atoms with Gasteiger partial charge in [0.15, 0.2) is 0 Å². The molecule has 0 atom stereocenters. The van der Waals surface area contributed by atoms with Gasteiger partial charge in [-0.25, -0.2) is 0 Å². The van der Waals surface area contributed by atoms with Gasteiger partial charge in [-0.3, -0.25) is 0 Å². The third kappa shape index (κ3) is 5.17. The van der Waals surface area contributed by atoms with Crippen LogP contribution in [0.15, 0.2) is 241 Å². The van der Waals surface area contributed by atoms with Crippen molar-refractivity contribution in [3.05, 3.63) is 270 Å². The minimum atomic E-state index is -0.481. The number of hydrogen-bond acceptors (Lipinski definition) is 2. The minimum absolute atomic E-state index is 0.133. The zero-order valence-electron chi connectivity index (χ0n) is 38.9. The molecule has 1 heterocycles. The molecule has 0 bridgehead atoms. The molecular weight excluding hydrogens is 847 g/mol. The maximum absolute atomic E-state index is 7.05. The Hall–Kier alpha value is -8.72. The monoisotopic (exact) mass is 891 g/mol. The van der Waals surface area contributed by atoms with Gasteiger partial charge in [0.1, 0.15) is 11.2 Å². The van der Waals surface area contributed by atoms with Crippen LogP contribution in [0.3, 0.4) is 0 Å². The van der Waals surface area contributed by atoms with E-state index in [1.165, 1.54) is 83.3 Å². The first-order chi connectivity index (χ1) is 34.5. The van der Waals surface area contributed by atoms with Crippen molar-refractivity contribution < 1.29 is 4.42 Å². The summed E-state index contributed by atoms with van der Waals surface area (Å²) in [5, 5.41) is 4.53. The van der Waals surface area contributed by atoms with Crippen molar-refractivity contribution in [2.24, 2.45) is 0 Å². The SMILES string of the molecule is CC1(C)c2ccccc2-c2cccc(-c3ccc(N(c4ccc5c(c4)C4(c6ccccc6-c6ccccc64)c4ccccc4-5)c4ccccc4-c4cccc5c4oc4c6ccccc6ccc54)cc3)c21. The Morgan fingerprint density at radius 3 is 1.54 bits per heavy atom. The molecule has 0 radical (unpaired) electrons. The molecular formula is C68H45NO. The van der Waals surface area contributed by atoms with E-state index in [9.17, 15) is 0 Å². The van der Waals surface area contributed by atoms with Crippen molar-refractivity contribution in [2.45, 2.75) is 24.7 Å². The molecule has 70 heavy (non-hydrogen) atoms. The van der Waals surface area contributed by atoms with Crippen LogP contribution >= 0.6 is 0 Å². The molecule has 3 aliphatic rings. The zero-order chi connectivity index (χ0) is 46.3. The molecule has 15 rings (SSSR count). The van der Waals surface area contributed by atoms with E-state index in [1.807, 2.05) is 0 Å². The molecule has 0 unspecified atom stereocenters. The van der Waals surface area contributed by atoms with E-state index in [4.69, 9.17) is 4.42 Å². The summed E-state index contributed by atoms with van der Waals surface area (Å²) >= 11 is 0. The minimum Gasteiger partial charge on any atom is -0.455 e. The van der Waals surface area contributed by atoms with E-state index in [-0.39, 0.29) is 5.41 Å². The zero-order valence-corrected chi connectivity index (χ0v) is 38.9. The van der Waals surface area contributed by atoms with Crippen molar-refractivity contribution >= 4 is 49.8 Å². The Kier molecular flexibility index (Phi) is 8.08. The summed E-state index contributed by atoms with van der Waals surface area (Å²) in [6.07, 6.45) is 0. The normalized spacial score (nSPS) is 14.1. The number of fused-ring (bicyclic) bond motifs is 18. The molecule has 0 saturated carbocycles. The number of benzene rings is 11. The fourth-order valence-electron chi connectivity index (χ4n) is 13.2. The number of furan rings is 1. The van der Waals surface area contributed by atoms with E-state index >= 15 is 0 Å². The Morgan fingerprint density at radius 1 is 0.329 bits per heavy atom. The second-order valence-corrected chi connectivity index (χ2v) is 19.9. The molecule has 0 aliphatic heterocycles. The highest BCUT2D eigenvalue weighted by molar-refractivity contribution is 6.17. The lowest BCUT2D eigenvalue weighted by Gasteiger charge is -2.33. The van der Waals surface area contributed by atoms with E-state index in [0.717, 1.165) is 55.5 Å². The summed E-state index contributed by atoms with van der Waals surface area (Å²) in [5.41, 5.74) is 25.0. The van der Waals surface area contributed by atoms with Crippen molar-refractivity contribution in [1.29, 1.82) is 0 Å². The van der Waals surface area contributed by atoms with E-state index in [1.54, 1.807) is 0 Å².